The van der Waals surface area contributed by atoms with E-state index in [1.54, 1.807) is 6.07 Å². The highest BCUT2D eigenvalue weighted by atomic mass is 16.4. The molecule has 0 saturated heterocycles. The monoisotopic (exact) mass is 223 g/mol. The number of nitrogens with one attached hydrogen (secondary N) is 2. The highest BCUT2D eigenvalue weighted by Crippen LogP contribution is 2.39. The minimum atomic E-state index is -0.906. The number of aromatic amines is 1. The minimum absolute atomic E-state index is 0.262. The van der Waals surface area contributed by atoms with Crippen molar-refractivity contribution in [2.45, 2.75) is 19.8 Å². The van der Waals surface area contributed by atoms with E-state index >= 15 is 0 Å². The molecule has 1 fully saturated rings. The second-order valence-electron chi connectivity index (χ2n) is 3.91. The molecule has 16 heavy (non-hydrogen) atoms. The van der Waals surface area contributed by atoms with Gasteiger partial charge >= 0.3 is 5.97 Å². The molecule has 0 spiro atoms. The predicted octanol–water partition coefficient (Wildman–Crippen LogP) is 0.631. The molecule has 1 aromatic heterocycles. The number of carboxylic acids is 1. The Morgan fingerprint density at radius 3 is 2.88 bits per heavy atom. The van der Waals surface area contributed by atoms with E-state index in [0.29, 0.717) is 12.2 Å². The first kappa shape index (κ1) is 10.7. The normalized spacial score (nSPS) is 22.8. The van der Waals surface area contributed by atoms with Crippen molar-refractivity contribution in [1.82, 2.24) is 10.2 Å². The number of rotatable bonds is 4. The Balaban J connectivity index is 1.91. The van der Waals surface area contributed by atoms with Gasteiger partial charge in [-0.1, -0.05) is 6.92 Å². The summed E-state index contributed by atoms with van der Waals surface area (Å²) in [5.74, 6) is -1.64. The van der Waals surface area contributed by atoms with E-state index in [1.165, 1.54) is 0 Å². The van der Waals surface area contributed by atoms with E-state index in [1.807, 2.05) is 6.92 Å². The van der Waals surface area contributed by atoms with E-state index in [4.69, 9.17) is 5.11 Å². The molecule has 3 N–H and O–H groups in total. The molecule has 1 amide bonds. The van der Waals surface area contributed by atoms with Crippen LogP contribution in [0.25, 0.3) is 0 Å². The van der Waals surface area contributed by atoms with Crippen molar-refractivity contribution >= 4 is 17.7 Å². The van der Waals surface area contributed by atoms with Crippen LogP contribution in [0.4, 0.5) is 5.82 Å². The van der Waals surface area contributed by atoms with Crippen LogP contribution in [-0.2, 0) is 16.0 Å². The molecule has 2 unspecified atom stereocenters. The smallest absolute Gasteiger partial charge is 0.307 e. The van der Waals surface area contributed by atoms with Gasteiger partial charge in [-0.25, -0.2) is 0 Å². The number of carbonyl (C=O) groups is 2. The molecule has 0 aromatic carbocycles. The summed E-state index contributed by atoms with van der Waals surface area (Å²) in [4.78, 5) is 22.1. The quantitative estimate of drug-likeness (QED) is 0.697. The Morgan fingerprint density at radius 1 is 1.62 bits per heavy atom. The third-order valence-corrected chi connectivity index (χ3v) is 2.71. The van der Waals surface area contributed by atoms with Gasteiger partial charge < -0.3 is 10.4 Å². The van der Waals surface area contributed by atoms with Gasteiger partial charge in [0.15, 0.2) is 5.82 Å². The van der Waals surface area contributed by atoms with Gasteiger partial charge in [0.25, 0.3) is 0 Å². The number of carboxylic acid groups (broad SMARTS) is 1. The number of aromatic nitrogens is 2. The maximum atomic E-state index is 11.6. The predicted molar refractivity (Wildman–Crippen MR) is 55.8 cm³/mol. The van der Waals surface area contributed by atoms with Crippen LogP contribution in [0.15, 0.2) is 6.07 Å². The maximum Gasteiger partial charge on any atom is 0.307 e. The largest absolute Gasteiger partial charge is 0.481 e. The molecule has 1 aromatic rings. The minimum Gasteiger partial charge on any atom is -0.481 e. The zero-order valence-electron chi connectivity index (χ0n) is 8.86. The Kier molecular flexibility index (Phi) is 2.64. The van der Waals surface area contributed by atoms with Gasteiger partial charge in [0.05, 0.1) is 11.8 Å². The van der Waals surface area contributed by atoms with E-state index in [9.17, 15) is 9.59 Å². The van der Waals surface area contributed by atoms with Crippen molar-refractivity contribution < 1.29 is 14.7 Å². The molecule has 6 nitrogen and oxygen atoms in total. The molecule has 0 bridgehead atoms. The number of H-pyrrole nitrogens is 1. The molecular weight excluding hydrogens is 210 g/mol. The van der Waals surface area contributed by atoms with Crippen LogP contribution >= 0.6 is 0 Å². The maximum absolute atomic E-state index is 11.6. The van der Waals surface area contributed by atoms with Crippen molar-refractivity contribution in [1.29, 1.82) is 0 Å². The Bertz CT molecular complexity index is 427. The third kappa shape index (κ3) is 2.05. The lowest BCUT2D eigenvalue weighted by Gasteiger charge is -1.98. The van der Waals surface area contributed by atoms with Gasteiger partial charge in [0.2, 0.25) is 5.91 Å². The summed E-state index contributed by atoms with van der Waals surface area (Å²) >= 11 is 0. The summed E-state index contributed by atoms with van der Waals surface area (Å²) in [6.45, 7) is 1.97. The first-order valence-corrected chi connectivity index (χ1v) is 5.19. The molecular formula is C10H13N3O3. The van der Waals surface area contributed by atoms with Crippen LogP contribution in [-0.4, -0.2) is 27.2 Å². The SMILES string of the molecule is CCc1cc(NC(=O)C2CC2C(=O)O)n[nH]1. The van der Waals surface area contributed by atoms with Crippen LogP contribution in [0.1, 0.15) is 19.0 Å². The van der Waals surface area contributed by atoms with Crippen LogP contribution < -0.4 is 5.32 Å². The highest BCUT2D eigenvalue weighted by Gasteiger charge is 2.48. The van der Waals surface area contributed by atoms with Gasteiger partial charge in [-0.2, -0.15) is 5.10 Å². The third-order valence-electron chi connectivity index (χ3n) is 2.71. The molecule has 6 heteroatoms. The van der Waals surface area contributed by atoms with Crippen molar-refractivity contribution in [2.75, 3.05) is 5.32 Å². The van der Waals surface area contributed by atoms with Crippen LogP contribution in [0.2, 0.25) is 0 Å². The van der Waals surface area contributed by atoms with E-state index < -0.39 is 17.8 Å². The average Bonchev–Trinajstić information content (AvgIpc) is 2.94. The lowest BCUT2D eigenvalue weighted by Crippen LogP contribution is -2.16. The zero-order chi connectivity index (χ0) is 11.7. The highest BCUT2D eigenvalue weighted by molar-refractivity contribution is 5.97. The van der Waals surface area contributed by atoms with Gasteiger partial charge in [0, 0.05) is 11.8 Å². The number of amides is 1. The molecule has 1 aliphatic rings. The molecule has 2 atom stereocenters. The standard InChI is InChI=1S/C10H13N3O3/c1-2-5-3-8(13-12-5)11-9(14)6-4-7(6)10(15)16/h3,6-7H,2,4H2,1H3,(H,15,16)(H2,11,12,13,14). The van der Waals surface area contributed by atoms with Gasteiger partial charge in [-0.15, -0.1) is 0 Å². The van der Waals surface area contributed by atoms with Crippen LogP contribution in [0.5, 0.6) is 0 Å². The molecule has 2 rings (SSSR count). The molecule has 1 heterocycles. The molecule has 0 aliphatic heterocycles. The lowest BCUT2D eigenvalue weighted by atomic mass is 10.3. The Morgan fingerprint density at radius 2 is 2.38 bits per heavy atom. The number of hydrogen-bond acceptors (Lipinski definition) is 3. The van der Waals surface area contributed by atoms with Crippen molar-refractivity contribution in [3.05, 3.63) is 11.8 Å². The lowest BCUT2D eigenvalue weighted by molar-refractivity contribution is -0.139. The zero-order valence-corrected chi connectivity index (χ0v) is 8.86. The van der Waals surface area contributed by atoms with Crippen molar-refractivity contribution in [2.24, 2.45) is 11.8 Å². The second-order valence-corrected chi connectivity index (χ2v) is 3.91. The van der Waals surface area contributed by atoms with E-state index in [0.717, 1.165) is 12.1 Å². The molecule has 1 aliphatic carbocycles. The number of carbonyl (C=O) groups excluding carboxylic acids is 1. The number of anilines is 1. The Labute approximate surface area is 92.0 Å². The van der Waals surface area contributed by atoms with Gasteiger partial charge in [-0.05, 0) is 12.8 Å². The van der Waals surface area contributed by atoms with Crippen LogP contribution in [0, 0.1) is 11.8 Å². The van der Waals surface area contributed by atoms with E-state index in [2.05, 4.69) is 15.5 Å². The van der Waals surface area contributed by atoms with Gasteiger partial charge in [-0.3, -0.25) is 14.7 Å². The Hall–Kier alpha value is -1.85. The van der Waals surface area contributed by atoms with Crippen LogP contribution in [0.3, 0.4) is 0 Å². The summed E-state index contributed by atoms with van der Waals surface area (Å²) in [5, 5.41) is 18.0. The number of aryl methyl sites for hydroxylation is 1. The van der Waals surface area contributed by atoms with Gasteiger partial charge in [0.1, 0.15) is 0 Å². The number of nitrogens with zero attached hydrogens (tertiary/aromatic N) is 1. The number of aliphatic carboxylic acids is 1. The fraction of sp³-hybridized carbons (Fsp3) is 0.500. The molecule has 1 saturated carbocycles. The van der Waals surface area contributed by atoms with Crippen molar-refractivity contribution in [3.8, 4) is 0 Å². The first-order valence-electron chi connectivity index (χ1n) is 5.19. The number of hydrogen-bond donors (Lipinski definition) is 3. The summed E-state index contributed by atoms with van der Waals surface area (Å²) in [7, 11) is 0. The summed E-state index contributed by atoms with van der Waals surface area (Å²) < 4.78 is 0. The summed E-state index contributed by atoms with van der Waals surface area (Å²) in [5.41, 5.74) is 0.931. The fourth-order valence-corrected chi connectivity index (χ4v) is 1.58. The second kappa shape index (κ2) is 3.96. The molecule has 0 radical (unpaired) electrons. The fourth-order valence-electron chi connectivity index (χ4n) is 1.58. The first-order chi connectivity index (χ1) is 7.61. The molecule has 86 valence electrons. The average molecular weight is 223 g/mol. The topological polar surface area (TPSA) is 95.1 Å². The van der Waals surface area contributed by atoms with Crippen molar-refractivity contribution in [3.63, 3.8) is 0 Å². The summed E-state index contributed by atoms with van der Waals surface area (Å²) in [6, 6.07) is 1.75. The van der Waals surface area contributed by atoms with E-state index in [-0.39, 0.29) is 5.91 Å². The summed E-state index contributed by atoms with van der Waals surface area (Å²) in [6.07, 6.45) is 1.23.